The fraction of sp³-hybridized carbons (Fsp3) is 1.00. The molecule has 66 valence electrons. The molecule has 1 aliphatic rings. The molecule has 3 nitrogen and oxygen atoms in total. The molecule has 0 bridgehead atoms. The van der Waals surface area contributed by atoms with Gasteiger partial charge in [-0.2, -0.15) is 0 Å². The molecule has 0 amide bonds. The van der Waals surface area contributed by atoms with E-state index in [1.807, 2.05) is 13.7 Å². The summed E-state index contributed by atoms with van der Waals surface area (Å²) >= 11 is 0. The van der Waals surface area contributed by atoms with Crippen LogP contribution in [-0.2, 0) is 13.7 Å². The van der Waals surface area contributed by atoms with E-state index in [2.05, 4.69) is 6.92 Å². The van der Waals surface area contributed by atoms with Crippen molar-refractivity contribution in [2.75, 3.05) is 0 Å². The fourth-order valence-electron chi connectivity index (χ4n) is 1.26. The molecule has 6 heteroatoms. The number of hydrogen-bond donors (Lipinski definition) is 0. The van der Waals surface area contributed by atoms with E-state index in [0.717, 1.165) is 19.1 Å². The maximum atomic E-state index is 5.50. The largest absolute Gasteiger partial charge is 0.453 e. The van der Waals surface area contributed by atoms with E-state index in [-0.39, 0.29) is 21.4 Å². The van der Waals surface area contributed by atoms with Crippen molar-refractivity contribution >= 4 is 21.4 Å². The lowest BCUT2D eigenvalue weighted by atomic mass is 9.67. The molecule has 0 atom stereocenters. The van der Waals surface area contributed by atoms with Gasteiger partial charge in [-0.1, -0.05) is 20.3 Å². The van der Waals surface area contributed by atoms with Gasteiger partial charge in [0.05, 0.1) is 0 Å². The summed E-state index contributed by atoms with van der Waals surface area (Å²) in [5.41, 5.74) is 0. The molecule has 1 rings (SSSR count). The fourth-order valence-corrected chi connectivity index (χ4v) is 1.26. The second-order valence-corrected chi connectivity index (χ2v) is 3.03. The molecule has 0 aliphatic carbocycles. The molecule has 0 aromatic carbocycles. The molecule has 0 spiro atoms. The van der Waals surface area contributed by atoms with Gasteiger partial charge in [0, 0.05) is 0 Å². The Kier molecular flexibility index (Phi) is 4.19. The van der Waals surface area contributed by atoms with Crippen LogP contribution in [0.15, 0.2) is 0 Å². The van der Waals surface area contributed by atoms with Crippen LogP contribution in [-0.4, -0.2) is 21.4 Å². The van der Waals surface area contributed by atoms with Crippen LogP contribution < -0.4 is 0 Å². The van der Waals surface area contributed by atoms with Gasteiger partial charge >= 0.3 is 21.4 Å². The third kappa shape index (κ3) is 2.85. The van der Waals surface area contributed by atoms with Crippen LogP contribution in [0.2, 0.25) is 19.5 Å². The van der Waals surface area contributed by atoms with E-state index in [1.54, 1.807) is 0 Å². The average molecular weight is 168 g/mol. The Labute approximate surface area is 75.6 Å². The molecule has 12 heavy (non-hydrogen) atoms. The second kappa shape index (κ2) is 4.95. The molecular weight excluding hydrogens is 152 g/mol. The van der Waals surface area contributed by atoms with Crippen molar-refractivity contribution in [3.63, 3.8) is 0 Å². The first kappa shape index (κ1) is 10.2. The summed E-state index contributed by atoms with van der Waals surface area (Å²) in [4.78, 5) is 0. The SMILES string of the molecule is CCCB1OB(C)OB(CC)O1. The standard InChI is InChI=1S/C6H15B3O3/c1-4-6-9-11-7(3)10-8(5-2)12-9/h4-6H2,1-3H3. The Bertz CT molecular complexity index is 135. The van der Waals surface area contributed by atoms with Gasteiger partial charge in [0.15, 0.2) is 0 Å². The summed E-state index contributed by atoms with van der Waals surface area (Å²) in [6.07, 6.45) is 2.91. The predicted octanol–water partition coefficient (Wildman–Crippen LogP) is 1.57. The molecule has 1 saturated heterocycles. The first-order valence-corrected chi connectivity index (χ1v) is 4.72. The van der Waals surface area contributed by atoms with Crippen molar-refractivity contribution in [3.05, 3.63) is 0 Å². The van der Waals surface area contributed by atoms with Crippen LogP contribution in [0.25, 0.3) is 0 Å². The molecule has 1 heterocycles. The van der Waals surface area contributed by atoms with Crippen molar-refractivity contribution in [3.8, 4) is 0 Å². The van der Waals surface area contributed by atoms with E-state index in [9.17, 15) is 0 Å². The summed E-state index contributed by atoms with van der Waals surface area (Å²) in [5.74, 6) is 0. The zero-order valence-corrected chi connectivity index (χ0v) is 8.08. The van der Waals surface area contributed by atoms with Crippen LogP contribution in [0.1, 0.15) is 20.3 Å². The van der Waals surface area contributed by atoms with Gasteiger partial charge in [0.25, 0.3) is 0 Å². The first-order valence-electron chi connectivity index (χ1n) is 4.72. The minimum absolute atomic E-state index is 0.0660. The Morgan fingerprint density at radius 2 is 1.67 bits per heavy atom. The highest BCUT2D eigenvalue weighted by atomic mass is 16.7. The average Bonchev–Trinajstić information content (AvgIpc) is 2.04. The van der Waals surface area contributed by atoms with Crippen LogP contribution in [0.5, 0.6) is 0 Å². The third-order valence-electron chi connectivity index (χ3n) is 1.85. The lowest BCUT2D eigenvalue weighted by molar-refractivity contribution is 0.284. The van der Waals surface area contributed by atoms with Crippen LogP contribution in [0.3, 0.4) is 0 Å². The summed E-state index contributed by atoms with van der Waals surface area (Å²) in [6.45, 7) is 6.08. The quantitative estimate of drug-likeness (QED) is 0.598. The van der Waals surface area contributed by atoms with E-state index in [4.69, 9.17) is 13.7 Å². The van der Waals surface area contributed by atoms with Crippen molar-refractivity contribution in [1.82, 2.24) is 0 Å². The highest BCUT2D eigenvalue weighted by Gasteiger charge is 2.35. The minimum atomic E-state index is -0.125. The number of hydrogen-bond acceptors (Lipinski definition) is 3. The summed E-state index contributed by atoms with van der Waals surface area (Å²) in [7, 11) is -0.269. The van der Waals surface area contributed by atoms with Gasteiger partial charge < -0.3 is 13.7 Å². The Morgan fingerprint density at radius 3 is 2.25 bits per heavy atom. The van der Waals surface area contributed by atoms with Gasteiger partial charge in [-0.05, 0) is 19.5 Å². The topological polar surface area (TPSA) is 27.7 Å². The Morgan fingerprint density at radius 1 is 1.00 bits per heavy atom. The van der Waals surface area contributed by atoms with Crippen LogP contribution >= 0.6 is 0 Å². The normalized spacial score (nSPS) is 18.8. The molecule has 0 radical (unpaired) electrons. The predicted molar refractivity (Wildman–Crippen MR) is 52.0 cm³/mol. The molecule has 1 aliphatic heterocycles. The van der Waals surface area contributed by atoms with Crippen molar-refractivity contribution in [2.24, 2.45) is 0 Å². The Balaban J connectivity index is 2.34. The molecule has 1 fully saturated rings. The first-order chi connectivity index (χ1) is 5.76. The zero-order chi connectivity index (χ0) is 8.97. The molecule has 0 saturated carbocycles. The summed E-state index contributed by atoms with van der Waals surface area (Å²) in [6, 6.07) is 0. The monoisotopic (exact) mass is 168 g/mol. The van der Waals surface area contributed by atoms with Crippen LogP contribution in [0, 0.1) is 0 Å². The van der Waals surface area contributed by atoms with Gasteiger partial charge in [0.1, 0.15) is 0 Å². The third-order valence-corrected chi connectivity index (χ3v) is 1.85. The highest BCUT2D eigenvalue weighted by Crippen LogP contribution is 2.14. The van der Waals surface area contributed by atoms with Crippen LogP contribution in [0.4, 0.5) is 0 Å². The number of rotatable bonds is 3. The highest BCUT2D eigenvalue weighted by molar-refractivity contribution is 6.73. The summed E-state index contributed by atoms with van der Waals surface area (Å²) < 4.78 is 16.3. The minimum Gasteiger partial charge on any atom is -0.453 e. The maximum Gasteiger partial charge on any atom is 0.429 e. The molecule has 0 N–H and O–H groups in total. The maximum absolute atomic E-state index is 5.50. The molecule has 0 unspecified atom stereocenters. The van der Waals surface area contributed by atoms with Crippen molar-refractivity contribution in [2.45, 2.75) is 39.7 Å². The lowest BCUT2D eigenvalue weighted by Gasteiger charge is -2.28. The Hall–Kier alpha value is 0.0748. The molecule has 0 aromatic heterocycles. The van der Waals surface area contributed by atoms with Gasteiger partial charge in [0.2, 0.25) is 0 Å². The van der Waals surface area contributed by atoms with E-state index in [1.165, 1.54) is 0 Å². The van der Waals surface area contributed by atoms with Gasteiger partial charge in [-0.25, -0.2) is 0 Å². The van der Waals surface area contributed by atoms with Crippen molar-refractivity contribution in [1.29, 1.82) is 0 Å². The molecule has 0 aromatic rings. The molecular formula is C6H15B3O3. The van der Waals surface area contributed by atoms with Crippen molar-refractivity contribution < 1.29 is 13.7 Å². The van der Waals surface area contributed by atoms with E-state index < -0.39 is 0 Å². The van der Waals surface area contributed by atoms with Gasteiger partial charge in [-0.3, -0.25) is 0 Å². The van der Waals surface area contributed by atoms with E-state index >= 15 is 0 Å². The van der Waals surface area contributed by atoms with E-state index in [0.29, 0.717) is 0 Å². The zero-order valence-electron chi connectivity index (χ0n) is 8.08. The lowest BCUT2D eigenvalue weighted by Crippen LogP contribution is -2.47. The summed E-state index contributed by atoms with van der Waals surface area (Å²) in [5, 5.41) is 0. The van der Waals surface area contributed by atoms with Gasteiger partial charge in [-0.15, -0.1) is 0 Å². The smallest absolute Gasteiger partial charge is 0.429 e. The second-order valence-electron chi connectivity index (χ2n) is 3.03.